The fourth-order valence-corrected chi connectivity index (χ4v) is 3.96. The molecule has 3 rings (SSSR count). The molecule has 7 heteroatoms. The van der Waals surface area contributed by atoms with Crippen LogP contribution in [-0.4, -0.2) is 42.7 Å². The van der Waals surface area contributed by atoms with Gasteiger partial charge >= 0.3 is 5.97 Å². The van der Waals surface area contributed by atoms with Gasteiger partial charge in [0.05, 0.1) is 12.1 Å². The van der Waals surface area contributed by atoms with Crippen molar-refractivity contribution in [1.29, 1.82) is 0 Å². The number of carbonyl (C=O) groups excluding carboxylic acids is 1. The second kappa shape index (κ2) is 11.2. The van der Waals surface area contributed by atoms with Crippen LogP contribution in [0, 0.1) is 11.6 Å². The maximum Gasteiger partial charge on any atom is 0.325 e. The summed E-state index contributed by atoms with van der Waals surface area (Å²) < 4.78 is 34.7. The number of nitrogens with zero attached hydrogens (tertiary/aromatic N) is 2. The number of halogens is 2. The number of hydrogen-bond donors (Lipinski definition) is 0. The number of aryl methyl sites for hydroxylation is 3. The Morgan fingerprint density at radius 1 is 1.06 bits per heavy atom. The van der Waals surface area contributed by atoms with Gasteiger partial charge in [0.15, 0.2) is 17.1 Å². The molecule has 0 aliphatic carbocycles. The minimum atomic E-state index is -0.905. The van der Waals surface area contributed by atoms with E-state index in [1.54, 1.807) is 17.6 Å². The molecule has 3 aromatic rings. The monoisotopic (exact) mass is 456 g/mol. The third kappa shape index (κ3) is 6.26. The Morgan fingerprint density at radius 3 is 2.58 bits per heavy atom. The van der Waals surface area contributed by atoms with E-state index in [1.807, 2.05) is 26.2 Å². The first-order valence-corrected chi connectivity index (χ1v) is 11.2. The molecule has 0 amide bonds. The molecular weight excluding hydrogens is 426 g/mol. The lowest BCUT2D eigenvalue weighted by atomic mass is 10.0. The van der Waals surface area contributed by atoms with Crippen molar-refractivity contribution in [2.24, 2.45) is 0 Å². The average molecular weight is 457 g/mol. The van der Waals surface area contributed by atoms with Crippen LogP contribution in [0.4, 0.5) is 8.78 Å². The number of hydrogen-bond acceptors (Lipinski definition) is 4. The topological polar surface area (TPSA) is 51.5 Å². The molecule has 0 saturated carbocycles. The molecule has 0 spiro atoms. The minimum Gasteiger partial charge on any atom is -0.465 e. The van der Waals surface area contributed by atoms with Crippen molar-refractivity contribution in [3.8, 4) is 0 Å². The summed E-state index contributed by atoms with van der Waals surface area (Å²) in [4.78, 5) is 27.3. The van der Waals surface area contributed by atoms with Crippen LogP contribution in [0.1, 0.15) is 30.2 Å². The molecule has 0 radical (unpaired) electrons. The van der Waals surface area contributed by atoms with Crippen LogP contribution in [0.5, 0.6) is 0 Å². The average Bonchev–Trinajstić information content (AvgIpc) is 2.77. The predicted octanol–water partition coefficient (Wildman–Crippen LogP) is 4.12. The van der Waals surface area contributed by atoms with Gasteiger partial charge in [-0.25, -0.2) is 8.78 Å². The van der Waals surface area contributed by atoms with Gasteiger partial charge in [-0.15, -0.1) is 0 Å². The van der Waals surface area contributed by atoms with E-state index >= 15 is 0 Å². The summed E-state index contributed by atoms with van der Waals surface area (Å²) in [5.74, 6) is -2.21. The van der Waals surface area contributed by atoms with Crippen LogP contribution >= 0.6 is 0 Å². The number of ether oxygens (including phenoxy) is 1. The highest BCUT2D eigenvalue weighted by molar-refractivity contribution is 5.82. The molecule has 0 unspecified atom stereocenters. The lowest BCUT2D eigenvalue weighted by molar-refractivity contribution is -0.143. The first-order chi connectivity index (χ1) is 15.8. The van der Waals surface area contributed by atoms with Gasteiger partial charge in [-0.2, -0.15) is 0 Å². The van der Waals surface area contributed by atoms with Gasteiger partial charge in [-0.3, -0.25) is 9.59 Å². The molecule has 0 bridgehead atoms. The van der Waals surface area contributed by atoms with Crippen LogP contribution in [0.2, 0.25) is 0 Å². The van der Waals surface area contributed by atoms with Crippen LogP contribution in [0.3, 0.4) is 0 Å². The van der Waals surface area contributed by atoms with Gasteiger partial charge in [-0.1, -0.05) is 18.2 Å². The predicted molar refractivity (Wildman–Crippen MR) is 125 cm³/mol. The highest BCUT2D eigenvalue weighted by atomic mass is 19.2. The van der Waals surface area contributed by atoms with Crippen molar-refractivity contribution in [2.45, 2.75) is 39.2 Å². The van der Waals surface area contributed by atoms with Crippen molar-refractivity contribution in [3.05, 3.63) is 81.1 Å². The quantitative estimate of drug-likeness (QED) is 0.431. The van der Waals surface area contributed by atoms with Crippen LogP contribution in [0.15, 0.2) is 47.3 Å². The summed E-state index contributed by atoms with van der Waals surface area (Å²) in [6.07, 6.45) is 2.26. The van der Waals surface area contributed by atoms with Crippen LogP contribution < -0.4 is 5.43 Å². The Hall–Kier alpha value is -3.06. The summed E-state index contributed by atoms with van der Waals surface area (Å²) in [7, 11) is 4.04. The zero-order chi connectivity index (χ0) is 24.0. The number of fused-ring (bicyclic) bond motifs is 1. The molecule has 0 fully saturated rings. The normalized spacial score (nSPS) is 11.3. The number of pyridine rings is 1. The molecule has 0 saturated heterocycles. The fourth-order valence-electron chi connectivity index (χ4n) is 3.96. The minimum absolute atomic E-state index is 0.0628. The SMILES string of the molecule is CCOC(=O)Cn1c(CCc2cccc(F)c2F)cc(=O)c2ccc(CCCN(C)C)cc21. The Kier molecular flexibility index (Phi) is 8.33. The number of carbonyl (C=O) groups is 1. The second-order valence-corrected chi connectivity index (χ2v) is 8.36. The van der Waals surface area contributed by atoms with E-state index in [4.69, 9.17) is 4.74 Å². The molecule has 0 atom stereocenters. The lowest BCUT2D eigenvalue weighted by Gasteiger charge is -2.18. The van der Waals surface area contributed by atoms with Gasteiger partial charge in [0.25, 0.3) is 0 Å². The van der Waals surface area contributed by atoms with Crippen molar-refractivity contribution in [1.82, 2.24) is 9.47 Å². The molecular formula is C26H30F2N2O3. The van der Waals surface area contributed by atoms with E-state index in [-0.39, 0.29) is 37.0 Å². The van der Waals surface area contributed by atoms with Crippen molar-refractivity contribution in [3.63, 3.8) is 0 Å². The maximum atomic E-state index is 14.2. The zero-order valence-corrected chi connectivity index (χ0v) is 19.4. The van der Waals surface area contributed by atoms with E-state index in [0.717, 1.165) is 31.0 Å². The van der Waals surface area contributed by atoms with Gasteiger partial charge in [0.2, 0.25) is 0 Å². The highest BCUT2D eigenvalue weighted by Crippen LogP contribution is 2.20. The molecule has 5 nitrogen and oxygen atoms in total. The fraction of sp³-hybridized carbons (Fsp3) is 0.385. The van der Waals surface area contributed by atoms with E-state index in [1.165, 1.54) is 18.2 Å². The molecule has 0 aliphatic heterocycles. The lowest BCUT2D eigenvalue weighted by Crippen LogP contribution is -2.21. The van der Waals surface area contributed by atoms with Crippen molar-refractivity contribution < 1.29 is 18.3 Å². The summed E-state index contributed by atoms with van der Waals surface area (Å²) in [5, 5.41) is 0.511. The Bertz CT molecular complexity index is 1190. The molecule has 1 heterocycles. The first kappa shape index (κ1) is 24.6. The van der Waals surface area contributed by atoms with Gasteiger partial charge in [0.1, 0.15) is 6.54 Å². The molecule has 1 aromatic heterocycles. The first-order valence-electron chi connectivity index (χ1n) is 11.2. The number of rotatable bonds is 10. The molecule has 2 aromatic carbocycles. The Labute approximate surface area is 192 Å². The number of esters is 1. The third-order valence-corrected chi connectivity index (χ3v) is 5.61. The van der Waals surface area contributed by atoms with E-state index in [0.29, 0.717) is 16.6 Å². The zero-order valence-electron chi connectivity index (χ0n) is 19.4. The van der Waals surface area contributed by atoms with Gasteiger partial charge in [0, 0.05) is 17.1 Å². The van der Waals surface area contributed by atoms with Crippen LogP contribution in [0.25, 0.3) is 10.9 Å². The molecule has 0 aliphatic rings. The Morgan fingerprint density at radius 2 is 1.85 bits per heavy atom. The standard InChI is InChI=1S/C26H30F2N2O3/c1-4-33-25(32)17-30-20(12-11-19-8-5-9-22(27)26(19)28)16-24(31)21-13-10-18(15-23(21)30)7-6-14-29(2)3/h5,8-10,13,15-16H,4,6-7,11-12,14,17H2,1-3H3. The van der Waals surface area contributed by atoms with Crippen molar-refractivity contribution >= 4 is 16.9 Å². The van der Waals surface area contributed by atoms with Gasteiger partial charge < -0.3 is 14.2 Å². The molecule has 0 N–H and O–H groups in total. The maximum absolute atomic E-state index is 14.2. The van der Waals surface area contributed by atoms with E-state index in [9.17, 15) is 18.4 Å². The smallest absolute Gasteiger partial charge is 0.325 e. The summed E-state index contributed by atoms with van der Waals surface area (Å²) in [5.41, 5.74) is 2.35. The highest BCUT2D eigenvalue weighted by Gasteiger charge is 2.15. The summed E-state index contributed by atoms with van der Waals surface area (Å²) in [6, 6.07) is 11.2. The van der Waals surface area contributed by atoms with Gasteiger partial charge in [-0.05, 0) is 82.6 Å². The molecule has 33 heavy (non-hydrogen) atoms. The van der Waals surface area contributed by atoms with E-state index < -0.39 is 17.6 Å². The number of benzene rings is 2. The number of aromatic nitrogens is 1. The van der Waals surface area contributed by atoms with E-state index in [2.05, 4.69) is 4.90 Å². The van der Waals surface area contributed by atoms with Crippen LogP contribution in [-0.2, 0) is 35.3 Å². The second-order valence-electron chi connectivity index (χ2n) is 8.36. The summed E-state index contributed by atoms with van der Waals surface area (Å²) in [6.45, 7) is 2.86. The third-order valence-electron chi connectivity index (χ3n) is 5.61. The Balaban J connectivity index is 2.01. The largest absolute Gasteiger partial charge is 0.465 e. The van der Waals surface area contributed by atoms with Crippen molar-refractivity contribution in [2.75, 3.05) is 27.2 Å². The molecule has 176 valence electrons. The summed E-state index contributed by atoms with van der Waals surface area (Å²) >= 11 is 0.